The van der Waals surface area contributed by atoms with Gasteiger partial charge in [0.1, 0.15) is 6.54 Å². The van der Waals surface area contributed by atoms with Crippen LogP contribution in [0.25, 0.3) is 0 Å². The van der Waals surface area contributed by atoms with Gasteiger partial charge in [-0.2, -0.15) is 0 Å². The molecule has 1 aliphatic heterocycles. The molecule has 1 saturated heterocycles. The average molecular weight is 233 g/mol. The van der Waals surface area contributed by atoms with E-state index in [2.05, 4.69) is 31.2 Å². The molecule has 1 heterocycles. The third kappa shape index (κ3) is 3.30. The first-order chi connectivity index (χ1) is 8.15. The molecule has 1 aromatic carbocycles. The highest BCUT2D eigenvalue weighted by atomic mass is 16.1. The quantitative estimate of drug-likeness (QED) is 0.774. The van der Waals surface area contributed by atoms with E-state index in [9.17, 15) is 4.79 Å². The molecule has 3 nitrogen and oxygen atoms in total. The molecule has 17 heavy (non-hydrogen) atoms. The number of primary amides is 1. The van der Waals surface area contributed by atoms with E-state index >= 15 is 0 Å². The third-order valence-corrected chi connectivity index (χ3v) is 3.56. The van der Waals surface area contributed by atoms with Crippen LogP contribution in [0.5, 0.6) is 0 Å². The molecule has 0 bridgehead atoms. The first-order valence-electron chi connectivity index (χ1n) is 6.33. The van der Waals surface area contributed by atoms with Crippen molar-refractivity contribution in [2.24, 2.45) is 11.7 Å². The summed E-state index contributed by atoms with van der Waals surface area (Å²) in [6.45, 7) is 5.16. The summed E-state index contributed by atoms with van der Waals surface area (Å²) < 4.78 is 0. The molecule has 1 fully saturated rings. The summed E-state index contributed by atoms with van der Waals surface area (Å²) in [6.07, 6.45) is 2.07. The maximum absolute atomic E-state index is 11.2. The van der Waals surface area contributed by atoms with Crippen molar-refractivity contribution >= 4 is 5.91 Å². The van der Waals surface area contributed by atoms with Gasteiger partial charge in [0.2, 0.25) is 5.91 Å². The number of hydrogen-bond donors (Lipinski definition) is 2. The van der Waals surface area contributed by atoms with Crippen LogP contribution in [-0.4, -0.2) is 19.0 Å². The molecule has 0 aliphatic carbocycles. The third-order valence-electron chi connectivity index (χ3n) is 3.56. The van der Waals surface area contributed by atoms with Crippen molar-refractivity contribution in [1.29, 1.82) is 0 Å². The Kier molecular flexibility index (Phi) is 3.79. The first kappa shape index (κ1) is 12.1. The van der Waals surface area contributed by atoms with Gasteiger partial charge in [0.15, 0.2) is 0 Å². The van der Waals surface area contributed by atoms with Crippen LogP contribution >= 0.6 is 0 Å². The number of nitrogens with one attached hydrogen (secondary N) is 1. The lowest BCUT2D eigenvalue weighted by atomic mass is 9.97. The second kappa shape index (κ2) is 5.32. The van der Waals surface area contributed by atoms with Crippen LogP contribution in [-0.2, 0) is 11.3 Å². The van der Waals surface area contributed by atoms with Crippen LogP contribution in [0.3, 0.4) is 0 Å². The van der Waals surface area contributed by atoms with E-state index in [-0.39, 0.29) is 11.8 Å². The molecule has 2 rings (SSSR count). The zero-order chi connectivity index (χ0) is 12.3. The van der Waals surface area contributed by atoms with Gasteiger partial charge in [-0.15, -0.1) is 0 Å². The van der Waals surface area contributed by atoms with Crippen LogP contribution in [0.2, 0.25) is 0 Å². The van der Waals surface area contributed by atoms with Crippen molar-refractivity contribution in [3.63, 3.8) is 0 Å². The fourth-order valence-corrected chi connectivity index (χ4v) is 2.67. The molecule has 1 unspecified atom stereocenters. The summed E-state index contributed by atoms with van der Waals surface area (Å²) in [5, 5.41) is 0. The van der Waals surface area contributed by atoms with Gasteiger partial charge in [-0.05, 0) is 19.8 Å². The van der Waals surface area contributed by atoms with Crippen LogP contribution < -0.4 is 10.6 Å². The Labute approximate surface area is 103 Å². The van der Waals surface area contributed by atoms with E-state index in [4.69, 9.17) is 5.73 Å². The number of piperidine rings is 1. The zero-order valence-electron chi connectivity index (χ0n) is 10.4. The Balaban J connectivity index is 1.97. The number of benzene rings is 1. The van der Waals surface area contributed by atoms with Crippen molar-refractivity contribution in [3.05, 3.63) is 35.4 Å². The van der Waals surface area contributed by atoms with Crippen LogP contribution in [0, 0.1) is 12.8 Å². The Morgan fingerprint density at radius 2 is 2.35 bits per heavy atom. The number of carbonyl (C=O) groups is 1. The average Bonchev–Trinajstić information content (AvgIpc) is 2.29. The molecule has 1 aliphatic rings. The van der Waals surface area contributed by atoms with Gasteiger partial charge in [0, 0.05) is 5.56 Å². The van der Waals surface area contributed by atoms with Crippen LogP contribution in [0.1, 0.15) is 24.0 Å². The van der Waals surface area contributed by atoms with Gasteiger partial charge >= 0.3 is 0 Å². The lowest BCUT2D eigenvalue weighted by Crippen LogP contribution is -3.12. The highest BCUT2D eigenvalue weighted by molar-refractivity contribution is 5.76. The molecule has 0 aromatic heterocycles. The lowest BCUT2D eigenvalue weighted by molar-refractivity contribution is -0.921. The minimum atomic E-state index is -0.133. The minimum absolute atomic E-state index is 0.0727. The van der Waals surface area contributed by atoms with Gasteiger partial charge in [0.05, 0.1) is 19.0 Å². The fraction of sp³-hybridized carbons (Fsp3) is 0.500. The largest absolute Gasteiger partial charge is 0.369 e. The summed E-state index contributed by atoms with van der Waals surface area (Å²) in [4.78, 5) is 12.7. The summed E-state index contributed by atoms with van der Waals surface area (Å²) in [6, 6.07) is 8.59. The van der Waals surface area contributed by atoms with Gasteiger partial charge in [-0.25, -0.2) is 0 Å². The van der Waals surface area contributed by atoms with Crippen molar-refractivity contribution in [1.82, 2.24) is 0 Å². The second-order valence-electron chi connectivity index (χ2n) is 5.11. The molecule has 1 amide bonds. The molecular formula is C14H21N2O+. The molecule has 2 atom stereocenters. The molecule has 1 aromatic rings. The maximum atomic E-state index is 11.2. The van der Waals surface area contributed by atoms with Crippen LogP contribution in [0.4, 0.5) is 0 Å². The van der Waals surface area contributed by atoms with Crippen molar-refractivity contribution in [2.45, 2.75) is 26.3 Å². The van der Waals surface area contributed by atoms with E-state index in [0.29, 0.717) is 0 Å². The van der Waals surface area contributed by atoms with E-state index in [1.54, 1.807) is 0 Å². The van der Waals surface area contributed by atoms with Crippen molar-refractivity contribution < 1.29 is 9.69 Å². The Bertz CT molecular complexity index is 403. The predicted octanol–water partition coefficient (Wildman–Crippen LogP) is 0.275. The number of hydrogen-bond acceptors (Lipinski definition) is 1. The van der Waals surface area contributed by atoms with E-state index in [0.717, 1.165) is 32.5 Å². The minimum Gasteiger partial charge on any atom is -0.369 e. The fourth-order valence-electron chi connectivity index (χ4n) is 2.67. The maximum Gasteiger partial charge on any atom is 0.226 e. The normalized spacial score (nSPS) is 24.5. The SMILES string of the molecule is Cc1cccc(C[NH+]2CCC[C@H](C(N)=O)C2)c1. The van der Waals surface area contributed by atoms with E-state index < -0.39 is 0 Å². The second-order valence-corrected chi connectivity index (χ2v) is 5.11. The molecule has 92 valence electrons. The Morgan fingerprint density at radius 3 is 3.06 bits per heavy atom. The summed E-state index contributed by atoms with van der Waals surface area (Å²) in [5.41, 5.74) is 8.04. The molecule has 0 saturated carbocycles. The summed E-state index contributed by atoms with van der Waals surface area (Å²) in [5.74, 6) is -0.0602. The number of carbonyl (C=O) groups excluding carboxylic acids is 1. The van der Waals surface area contributed by atoms with E-state index in [1.165, 1.54) is 16.0 Å². The van der Waals surface area contributed by atoms with Crippen molar-refractivity contribution in [2.75, 3.05) is 13.1 Å². The molecule has 3 heteroatoms. The number of aryl methyl sites for hydroxylation is 1. The highest BCUT2D eigenvalue weighted by Crippen LogP contribution is 2.07. The van der Waals surface area contributed by atoms with Gasteiger partial charge < -0.3 is 10.6 Å². The number of nitrogens with two attached hydrogens (primary N) is 1. The zero-order valence-corrected chi connectivity index (χ0v) is 10.4. The Hall–Kier alpha value is -1.35. The molecule has 3 N–H and O–H groups in total. The van der Waals surface area contributed by atoms with Gasteiger partial charge in [0.25, 0.3) is 0 Å². The predicted molar refractivity (Wildman–Crippen MR) is 67.5 cm³/mol. The monoisotopic (exact) mass is 233 g/mol. The Morgan fingerprint density at radius 1 is 1.53 bits per heavy atom. The summed E-state index contributed by atoms with van der Waals surface area (Å²) in [7, 11) is 0. The smallest absolute Gasteiger partial charge is 0.226 e. The lowest BCUT2D eigenvalue weighted by Gasteiger charge is -2.28. The van der Waals surface area contributed by atoms with Gasteiger partial charge in [-0.3, -0.25) is 4.79 Å². The number of rotatable bonds is 3. The number of likely N-dealkylation sites (tertiary alicyclic amines) is 1. The standard InChI is InChI=1S/C14H20N2O/c1-11-4-2-5-12(8-11)9-16-7-3-6-13(10-16)14(15)17/h2,4-5,8,13H,3,6-7,9-10H2,1H3,(H2,15,17)/p+1/t13-/m0/s1. The van der Waals surface area contributed by atoms with E-state index in [1.807, 2.05) is 0 Å². The molecule has 0 radical (unpaired) electrons. The van der Waals surface area contributed by atoms with Gasteiger partial charge in [-0.1, -0.05) is 29.8 Å². The highest BCUT2D eigenvalue weighted by Gasteiger charge is 2.26. The molecular weight excluding hydrogens is 212 g/mol. The number of quaternary nitrogens is 1. The van der Waals surface area contributed by atoms with Crippen LogP contribution in [0.15, 0.2) is 24.3 Å². The summed E-state index contributed by atoms with van der Waals surface area (Å²) >= 11 is 0. The van der Waals surface area contributed by atoms with Crippen molar-refractivity contribution in [3.8, 4) is 0 Å². The topological polar surface area (TPSA) is 47.5 Å². The number of amides is 1. The molecule has 0 spiro atoms. The first-order valence-corrected chi connectivity index (χ1v) is 6.33.